The molecule has 2 heterocycles. The van der Waals surface area contributed by atoms with E-state index in [0.717, 1.165) is 27.5 Å². The van der Waals surface area contributed by atoms with Crippen LogP contribution in [0.5, 0.6) is 0 Å². The number of anilines is 1. The van der Waals surface area contributed by atoms with Gasteiger partial charge in [0, 0.05) is 5.56 Å². The van der Waals surface area contributed by atoms with Crippen LogP contribution in [0.1, 0.15) is 11.1 Å². The number of fused-ring (bicyclic) bond motifs is 1. The quantitative estimate of drug-likeness (QED) is 0.364. The predicted octanol–water partition coefficient (Wildman–Crippen LogP) is 3.96. The van der Waals surface area contributed by atoms with Gasteiger partial charge in [0.1, 0.15) is 11.6 Å². The Morgan fingerprint density at radius 1 is 1.23 bits per heavy atom. The van der Waals surface area contributed by atoms with Gasteiger partial charge in [-0.15, -0.1) is 0 Å². The van der Waals surface area contributed by atoms with Crippen LogP contribution in [0, 0.1) is 18.3 Å². The second-order valence-corrected chi connectivity index (χ2v) is 8.39. The van der Waals surface area contributed by atoms with Crippen molar-refractivity contribution in [1.29, 1.82) is 5.26 Å². The Hall–Kier alpha value is -3.48. The molecule has 9 heteroatoms. The molecule has 0 fully saturated rings. The van der Waals surface area contributed by atoms with E-state index in [0.29, 0.717) is 16.4 Å². The second kappa shape index (κ2) is 8.49. The van der Waals surface area contributed by atoms with Gasteiger partial charge in [-0.2, -0.15) is 5.26 Å². The lowest BCUT2D eigenvalue weighted by molar-refractivity contribution is -0.113. The van der Waals surface area contributed by atoms with Gasteiger partial charge in [0.05, 0.1) is 21.7 Å². The van der Waals surface area contributed by atoms with Crippen LogP contribution in [0.2, 0.25) is 0 Å². The summed E-state index contributed by atoms with van der Waals surface area (Å²) in [6.45, 7) is 2.00. The Kier molecular flexibility index (Phi) is 5.61. The van der Waals surface area contributed by atoms with Crippen LogP contribution in [-0.4, -0.2) is 26.6 Å². The van der Waals surface area contributed by atoms with Crippen molar-refractivity contribution in [2.24, 2.45) is 0 Å². The Morgan fingerprint density at radius 2 is 2.03 bits per heavy atom. The van der Waals surface area contributed by atoms with Crippen molar-refractivity contribution in [3.05, 3.63) is 70.0 Å². The number of aromatic amines is 1. The molecule has 2 aromatic carbocycles. The molecule has 0 saturated carbocycles. The van der Waals surface area contributed by atoms with Gasteiger partial charge in [-0.25, -0.2) is 9.97 Å². The summed E-state index contributed by atoms with van der Waals surface area (Å²) in [6, 6.07) is 16.8. The summed E-state index contributed by atoms with van der Waals surface area (Å²) in [6.07, 6.45) is 0. The normalized spacial score (nSPS) is 10.7. The fraction of sp³-hybridized carbons (Fsp3) is 0.0952. The Morgan fingerprint density at radius 3 is 2.80 bits per heavy atom. The summed E-state index contributed by atoms with van der Waals surface area (Å²) in [5, 5.41) is 12.9. The smallest absolute Gasteiger partial charge is 0.270 e. The maximum absolute atomic E-state index is 12.4. The van der Waals surface area contributed by atoms with Crippen molar-refractivity contribution < 1.29 is 4.79 Å². The van der Waals surface area contributed by atoms with Gasteiger partial charge in [0.2, 0.25) is 5.91 Å². The molecule has 0 spiro atoms. The van der Waals surface area contributed by atoms with E-state index in [9.17, 15) is 14.9 Å². The number of nitrogens with zero attached hydrogens (tertiary/aromatic N) is 3. The highest BCUT2D eigenvalue weighted by Gasteiger charge is 2.15. The molecule has 4 rings (SSSR count). The number of H-pyrrole nitrogens is 1. The molecule has 148 valence electrons. The molecule has 4 aromatic rings. The van der Waals surface area contributed by atoms with Gasteiger partial charge in [0.25, 0.3) is 5.56 Å². The van der Waals surface area contributed by atoms with Crippen LogP contribution in [0.25, 0.3) is 21.5 Å². The van der Waals surface area contributed by atoms with Gasteiger partial charge in [-0.3, -0.25) is 9.59 Å². The SMILES string of the molecule is Cc1ccc2nc(NC(=O)CSc3nc(-c4ccccc4)c(C#N)c(=O)[nH]3)sc2c1. The first-order valence-electron chi connectivity index (χ1n) is 8.93. The number of rotatable bonds is 5. The van der Waals surface area contributed by atoms with E-state index in [1.807, 2.05) is 37.3 Å². The minimum absolute atomic E-state index is 0.0397. The zero-order chi connectivity index (χ0) is 21.1. The number of hydrogen-bond acceptors (Lipinski definition) is 7. The van der Waals surface area contributed by atoms with Crippen LogP contribution in [-0.2, 0) is 4.79 Å². The van der Waals surface area contributed by atoms with Gasteiger partial charge in [-0.05, 0) is 24.6 Å². The molecular weight excluding hydrogens is 418 g/mol. The standard InChI is InChI=1S/C21H15N5O2S2/c1-12-7-8-15-16(9-12)30-21(23-15)24-17(27)11-29-20-25-18(13-5-3-2-4-6-13)14(10-22)19(28)26-20/h2-9H,11H2,1H3,(H,23,24,27)(H,25,26,28). The summed E-state index contributed by atoms with van der Waals surface area (Å²) >= 11 is 2.49. The number of carbonyl (C=O) groups is 1. The van der Waals surface area contributed by atoms with Crippen LogP contribution in [0.4, 0.5) is 5.13 Å². The number of hydrogen-bond donors (Lipinski definition) is 2. The lowest BCUT2D eigenvalue weighted by atomic mass is 10.1. The molecule has 2 N–H and O–H groups in total. The largest absolute Gasteiger partial charge is 0.301 e. The van der Waals surface area contributed by atoms with Gasteiger partial charge in [0.15, 0.2) is 10.3 Å². The zero-order valence-electron chi connectivity index (χ0n) is 15.8. The maximum Gasteiger partial charge on any atom is 0.270 e. The summed E-state index contributed by atoms with van der Waals surface area (Å²) in [5.74, 6) is -0.220. The molecule has 0 saturated heterocycles. The zero-order valence-corrected chi connectivity index (χ0v) is 17.4. The van der Waals surface area contributed by atoms with E-state index in [2.05, 4.69) is 20.3 Å². The topological polar surface area (TPSA) is 112 Å². The molecule has 0 atom stereocenters. The van der Waals surface area contributed by atoms with Gasteiger partial charge < -0.3 is 10.3 Å². The summed E-state index contributed by atoms with van der Waals surface area (Å²) < 4.78 is 1.00. The summed E-state index contributed by atoms with van der Waals surface area (Å²) in [7, 11) is 0. The van der Waals surface area contributed by atoms with E-state index in [-0.39, 0.29) is 22.4 Å². The van der Waals surface area contributed by atoms with E-state index in [4.69, 9.17) is 0 Å². The van der Waals surface area contributed by atoms with Crippen LogP contribution < -0.4 is 10.9 Å². The lowest BCUT2D eigenvalue weighted by Gasteiger charge is -2.06. The van der Waals surface area contributed by atoms with E-state index in [1.165, 1.54) is 11.3 Å². The van der Waals surface area contributed by atoms with Crippen molar-refractivity contribution in [2.75, 3.05) is 11.1 Å². The van der Waals surface area contributed by atoms with Crippen LogP contribution in [0.3, 0.4) is 0 Å². The minimum atomic E-state index is -0.532. The Bertz CT molecular complexity index is 1340. The van der Waals surface area contributed by atoms with E-state index >= 15 is 0 Å². The average molecular weight is 434 g/mol. The predicted molar refractivity (Wildman–Crippen MR) is 119 cm³/mol. The monoisotopic (exact) mass is 433 g/mol. The fourth-order valence-electron chi connectivity index (χ4n) is 2.80. The third kappa shape index (κ3) is 4.25. The highest BCUT2D eigenvalue weighted by molar-refractivity contribution is 7.99. The molecule has 0 bridgehead atoms. The number of carbonyl (C=O) groups excluding carboxylic acids is 1. The molecule has 7 nitrogen and oxygen atoms in total. The average Bonchev–Trinajstić information content (AvgIpc) is 3.13. The molecule has 0 aliphatic heterocycles. The van der Waals surface area contributed by atoms with Crippen LogP contribution >= 0.6 is 23.1 Å². The lowest BCUT2D eigenvalue weighted by Crippen LogP contribution is -2.17. The number of amides is 1. The number of nitriles is 1. The Balaban J connectivity index is 1.50. The van der Waals surface area contributed by atoms with Crippen molar-refractivity contribution in [3.8, 4) is 17.3 Å². The minimum Gasteiger partial charge on any atom is -0.301 e. The molecular formula is C21H15N5O2S2. The molecule has 0 aliphatic rings. The molecule has 0 unspecified atom stereocenters. The first kappa shape index (κ1) is 19.8. The maximum atomic E-state index is 12.4. The van der Waals surface area contributed by atoms with E-state index < -0.39 is 5.56 Å². The molecule has 1 amide bonds. The summed E-state index contributed by atoms with van der Waals surface area (Å²) in [5.41, 5.74) is 2.34. The highest BCUT2D eigenvalue weighted by atomic mass is 32.2. The van der Waals surface area contributed by atoms with Crippen molar-refractivity contribution in [1.82, 2.24) is 15.0 Å². The number of aromatic nitrogens is 3. The van der Waals surface area contributed by atoms with Crippen molar-refractivity contribution in [3.63, 3.8) is 0 Å². The number of thiazole rings is 1. The fourth-order valence-corrected chi connectivity index (χ4v) is 4.45. The molecule has 30 heavy (non-hydrogen) atoms. The summed E-state index contributed by atoms with van der Waals surface area (Å²) in [4.78, 5) is 36.0. The highest BCUT2D eigenvalue weighted by Crippen LogP contribution is 2.27. The molecule has 2 aromatic heterocycles. The third-order valence-electron chi connectivity index (χ3n) is 4.19. The Labute approximate surface area is 179 Å². The van der Waals surface area contributed by atoms with Gasteiger partial charge >= 0.3 is 0 Å². The number of aryl methyl sites for hydroxylation is 1. The number of thioether (sulfide) groups is 1. The van der Waals surface area contributed by atoms with Crippen LogP contribution in [0.15, 0.2) is 58.5 Å². The van der Waals surface area contributed by atoms with Crippen molar-refractivity contribution in [2.45, 2.75) is 12.1 Å². The second-order valence-electron chi connectivity index (χ2n) is 6.40. The van der Waals surface area contributed by atoms with E-state index in [1.54, 1.807) is 24.3 Å². The van der Waals surface area contributed by atoms with Gasteiger partial charge in [-0.1, -0.05) is 59.5 Å². The third-order valence-corrected chi connectivity index (χ3v) is 5.99. The molecule has 0 radical (unpaired) electrons. The van der Waals surface area contributed by atoms with Crippen molar-refractivity contribution >= 4 is 44.4 Å². The number of benzene rings is 2. The first-order valence-corrected chi connectivity index (χ1v) is 10.7. The number of nitrogens with one attached hydrogen (secondary N) is 2. The first-order chi connectivity index (χ1) is 14.5. The molecule has 0 aliphatic carbocycles.